The first-order valence-electron chi connectivity index (χ1n) is 7.03. The summed E-state index contributed by atoms with van der Waals surface area (Å²) in [5.74, 6) is 0.155. The van der Waals surface area contributed by atoms with Crippen LogP contribution in [0.15, 0.2) is 0 Å². The molecule has 2 aliphatic rings. The molecule has 2 heterocycles. The predicted octanol–water partition coefficient (Wildman–Crippen LogP) is 0.256. The van der Waals surface area contributed by atoms with Crippen LogP contribution in [-0.2, 0) is 9.59 Å². The number of amides is 2. The second kappa shape index (κ2) is 6.18. The van der Waals surface area contributed by atoms with Gasteiger partial charge >= 0.3 is 0 Å². The molecule has 0 aromatic rings. The van der Waals surface area contributed by atoms with Gasteiger partial charge in [-0.05, 0) is 38.8 Å². The summed E-state index contributed by atoms with van der Waals surface area (Å²) >= 11 is 0. The first-order valence-corrected chi connectivity index (χ1v) is 7.03. The first-order chi connectivity index (χ1) is 8.72. The Kier molecular flexibility index (Phi) is 4.58. The molecule has 0 radical (unpaired) electrons. The van der Waals surface area contributed by atoms with Crippen LogP contribution in [0.5, 0.6) is 0 Å². The SMILES string of the molecule is CCC(C(=O)NC1CCNCC1)N1CCCC1=O. The van der Waals surface area contributed by atoms with Crippen LogP contribution in [0, 0.1) is 0 Å². The number of carbonyl (C=O) groups excluding carboxylic acids is 2. The molecule has 5 heteroatoms. The average Bonchev–Trinajstić information content (AvgIpc) is 2.78. The van der Waals surface area contributed by atoms with Crippen molar-refractivity contribution in [3.05, 3.63) is 0 Å². The summed E-state index contributed by atoms with van der Waals surface area (Å²) in [5, 5.41) is 6.37. The molecule has 1 unspecified atom stereocenters. The van der Waals surface area contributed by atoms with Crippen molar-refractivity contribution in [2.75, 3.05) is 19.6 Å². The zero-order valence-corrected chi connectivity index (χ0v) is 11.1. The second-order valence-electron chi connectivity index (χ2n) is 5.15. The highest BCUT2D eigenvalue weighted by Gasteiger charge is 2.32. The van der Waals surface area contributed by atoms with Crippen molar-refractivity contribution < 1.29 is 9.59 Å². The van der Waals surface area contributed by atoms with Gasteiger partial charge in [-0.15, -0.1) is 0 Å². The molecule has 2 aliphatic heterocycles. The van der Waals surface area contributed by atoms with E-state index in [0.717, 1.165) is 38.9 Å². The lowest BCUT2D eigenvalue weighted by atomic mass is 10.1. The number of rotatable bonds is 4. The number of nitrogens with one attached hydrogen (secondary N) is 2. The third kappa shape index (κ3) is 3.02. The summed E-state index contributed by atoms with van der Waals surface area (Å²) in [4.78, 5) is 25.7. The number of hydrogen-bond acceptors (Lipinski definition) is 3. The quantitative estimate of drug-likeness (QED) is 0.755. The highest BCUT2D eigenvalue weighted by atomic mass is 16.2. The number of carbonyl (C=O) groups is 2. The topological polar surface area (TPSA) is 61.4 Å². The van der Waals surface area contributed by atoms with Crippen LogP contribution in [0.3, 0.4) is 0 Å². The molecule has 0 aliphatic carbocycles. The molecule has 2 rings (SSSR count). The van der Waals surface area contributed by atoms with Gasteiger partial charge in [-0.3, -0.25) is 9.59 Å². The fourth-order valence-electron chi connectivity index (χ4n) is 2.81. The first kappa shape index (κ1) is 13.3. The molecule has 2 fully saturated rings. The van der Waals surface area contributed by atoms with Gasteiger partial charge in [0.15, 0.2) is 0 Å². The Morgan fingerprint density at radius 2 is 2.22 bits per heavy atom. The van der Waals surface area contributed by atoms with Gasteiger partial charge in [-0.2, -0.15) is 0 Å². The smallest absolute Gasteiger partial charge is 0.243 e. The summed E-state index contributed by atoms with van der Waals surface area (Å²) in [7, 11) is 0. The molecular weight excluding hydrogens is 230 g/mol. The lowest BCUT2D eigenvalue weighted by Gasteiger charge is -2.29. The number of likely N-dealkylation sites (tertiary alicyclic amines) is 1. The Bertz CT molecular complexity index is 313. The molecule has 2 N–H and O–H groups in total. The standard InChI is InChI=1S/C13H23N3O2/c1-2-11(16-9-3-4-12(16)17)13(18)15-10-5-7-14-8-6-10/h10-11,14H,2-9H2,1H3,(H,15,18). The maximum Gasteiger partial charge on any atom is 0.243 e. The van der Waals surface area contributed by atoms with Gasteiger partial charge in [0, 0.05) is 19.0 Å². The molecule has 5 nitrogen and oxygen atoms in total. The number of nitrogens with zero attached hydrogens (tertiary/aromatic N) is 1. The van der Waals surface area contributed by atoms with E-state index >= 15 is 0 Å². The van der Waals surface area contributed by atoms with E-state index < -0.39 is 0 Å². The van der Waals surface area contributed by atoms with Crippen LogP contribution in [-0.4, -0.2) is 48.4 Å². The second-order valence-corrected chi connectivity index (χ2v) is 5.15. The zero-order valence-electron chi connectivity index (χ0n) is 11.1. The Morgan fingerprint density at radius 1 is 1.50 bits per heavy atom. The third-order valence-corrected chi connectivity index (χ3v) is 3.86. The number of hydrogen-bond donors (Lipinski definition) is 2. The van der Waals surface area contributed by atoms with Crippen molar-refractivity contribution in [2.24, 2.45) is 0 Å². The summed E-state index contributed by atoms with van der Waals surface area (Å²) in [6.45, 7) is 4.63. The van der Waals surface area contributed by atoms with E-state index in [9.17, 15) is 9.59 Å². The summed E-state index contributed by atoms with van der Waals surface area (Å²) < 4.78 is 0. The van der Waals surface area contributed by atoms with Crippen molar-refractivity contribution >= 4 is 11.8 Å². The monoisotopic (exact) mass is 253 g/mol. The largest absolute Gasteiger partial charge is 0.351 e. The molecule has 0 saturated carbocycles. The van der Waals surface area contributed by atoms with Crippen LogP contribution >= 0.6 is 0 Å². The van der Waals surface area contributed by atoms with Gasteiger partial charge < -0.3 is 15.5 Å². The molecule has 0 spiro atoms. The molecule has 1 atom stereocenters. The minimum Gasteiger partial charge on any atom is -0.351 e. The van der Waals surface area contributed by atoms with Crippen molar-refractivity contribution in [1.29, 1.82) is 0 Å². The average molecular weight is 253 g/mol. The van der Waals surface area contributed by atoms with Gasteiger partial charge in [0.25, 0.3) is 0 Å². The van der Waals surface area contributed by atoms with E-state index in [-0.39, 0.29) is 23.9 Å². The molecule has 2 saturated heterocycles. The predicted molar refractivity (Wildman–Crippen MR) is 69.1 cm³/mol. The normalized spacial score (nSPS) is 23.2. The van der Waals surface area contributed by atoms with E-state index in [1.54, 1.807) is 4.90 Å². The Balaban J connectivity index is 1.90. The lowest BCUT2D eigenvalue weighted by Crippen LogP contribution is -2.51. The zero-order chi connectivity index (χ0) is 13.0. The van der Waals surface area contributed by atoms with Crippen molar-refractivity contribution in [3.63, 3.8) is 0 Å². The van der Waals surface area contributed by atoms with Crippen molar-refractivity contribution in [2.45, 2.75) is 51.1 Å². The van der Waals surface area contributed by atoms with Crippen LogP contribution in [0.4, 0.5) is 0 Å². The molecule has 0 bridgehead atoms. The van der Waals surface area contributed by atoms with Gasteiger partial charge in [0.1, 0.15) is 6.04 Å². The van der Waals surface area contributed by atoms with E-state index in [2.05, 4.69) is 10.6 Å². The highest BCUT2D eigenvalue weighted by Crippen LogP contribution is 2.16. The van der Waals surface area contributed by atoms with E-state index in [0.29, 0.717) is 12.8 Å². The molecule has 2 amide bonds. The van der Waals surface area contributed by atoms with Gasteiger partial charge in [0.2, 0.25) is 11.8 Å². The van der Waals surface area contributed by atoms with E-state index in [4.69, 9.17) is 0 Å². The molecule has 0 aromatic heterocycles. The summed E-state index contributed by atoms with van der Waals surface area (Å²) in [5.41, 5.74) is 0. The minimum atomic E-state index is -0.269. The van der Waals surface area contributed by atoms with Gasteiger partial charge in [0.05, 0.1) is 0 Å². The van der Waals surface area contributed by atoms with Crippen LogP contribution in [0.1, 0.15) is 39.0 Å². The lowest BCUT2D eigenvalue weighted by molar-refractivity contribution is -0.138. The third-order valence-electron chi connectivity index (χ3n) is 3.86. The molecule has 18 heavy (non-hydrogen) atoms. The number of piperidine rings is 1. The molecular formula is C13H23N3O2. The van der Waals surface area contributed by atoms with E-state index in [1.807, 2.05) is 6.92 Å². The molecule has 102 valence electrons. The Morgan fingerprint density at radius 3 is 2.78 bits per heavy atom. The van der Waals surface area contributed by atoms with E-state index in [1.165, 1.54) is 0 Å². The van der Waals surface area contributed by atoms with Crippen LogP contribution in [0.25, 0.3) is 0 Å². The minimum absolute atomic E-state index is 0.0275. The maximum atomic E-state index is 12.2. The highest BCUT2D eigenvalue weighted by molar-refractivity contribution is 5.88. The van der Waals surface area contributed by atoms with Gasteiger partial charge in [-0.1, -0.05) is 6.92 Å². The maximum absolute atomic E-state index is 12.2. The Hall–Kier alpha value is -1.10. The van der Waals surface area contributed by atoms with Gasteiger partial charge in [-0.25, -0.2) is 0 Å². The van der Waals surface area contributed by atoms with Crippen molar-refractivity contribution in [1.82, 2.24) is 15.5 Å². The summed E-state index contributed by atoms with van der Waals surface area (Å²) in [6.07, 6.45) is 4.14. The summed E-state index contributed by atoms with van der Waals surface area (Å²) in [6, 6.07) is 0.000362. The fourth-order valence-corrected chi connectivity index (χ4v) is 2.81. The van der Waals surface area contributed by atoms with Crippen molar-refractivity contribution in [3.8, 4) is 0 Å². The van der Waals surface area contributed by atoms with Crippen LogP contribution in [0.2, 0.25) is 0 Å². The Labute approximate surface area is 108 Å². The fraction of sp³-hybridized carbons (Fsp3) is 0.846. The van der Waals surface area contributed by atoms with Crippen LogP contribution < -0.4 is 10.6 Å². The molecule has 0 aromatic carbocycles.